The van der Waals surface area contributed by atoms with Crippen LogP contribution in [0.2, 0.25) is 0 Å². The van der Waals surface area contributed by atoms with Crippen LogP contribution in [0.25, 0.3) is 0 Å². The van der Waals surface area contributed by atoms with Gasteiger partial charge in [-0.3, -0.25) is 13.9 Å². The van der Waals surface area contributed by atoms with Gasteiger partial charge in [0.05, 0.1) is 0 Å². The van der Waals surface area contributed by atoms with E-state index in [9.17, 15) is 9.90 Å². The quantitative estimate of drug-likeness (QED) is 0.419. The molecule has 0 aliphatic carbocycles. The molecule has 0 spiro atoms. The summed E-state index contributed by atoms with van der Waals surface area (Å²) in [6.07, 6.45) is 0.957. The van der Waals surface area contributed by atoms with Crippen molar-refractivity contribution in [1.29, 1.82) is 0 Å². The molecule has 0 aromatic heterocycles. The van der Waals surface area contributed by atoms with E-state index in [0.29, 0.717) is 30.3 Å². The van der Waals surface area contributed by atoms with Gasteiger partial charge in [0.1, 0.15) is 0 Å². The minimum Gasteiger partial charge on any atom is -0.399 e. The van der Waals surface area contributed by atoms with Crippen LogP contribution in [0.1, 0.15) is 37.6 Å². The smallest absolute Gasteiger partial charge is 0.394 e. The molecule has 9 heteroatoms. The summed E-state index contributed by atoms with van der Waals surface area (Å²) in [4.78, 5) is 14.3. The molecule has 1 aromatic rings. The Morgan fingerprint density at radius 1 is 1.16 bits per heavy atom. The molecule has 0 radical (unpaired) electrons. The zero-order valence-corrected chi connectivity index (χ0v) is 15.6. The third kappa shape index (κ3) is 12.3. The second-order valence-electron chi connectivity index (χ2n) is 6.29. The van der Waals surface area contributed by atoms with E-state index in [4.69, 9.17) is 23.3 Å². The Bertz CT molecular complexity index is 608. The monoisotopic (exact) mass is 376 g/mol. The Morgan fingerprint density at radius 2 is 1.64 bits per heavy atom. The largest absolute Gasteiger partial charge is 0.399 e. The van der Waals surface area contributed by atoms with Crippen molar-refractivity contribution in [3.63, 3.8) is 0 Å². The number of carbonyl (C=O) groups is 1. The number of anilines is 1. The molecular weight excluding hydrogens is 348 g/mol. The van der Waals surface area contributed by atoms with Crippen LogP contribution in [0.15, 0.2) is 24.3 Å². The number of benzene rings is 1. The highest BCUT2D eigenvalue weighted by molar-refractivity contribution is 7.79. The highest BCUT2D eigenvalue weighted by Gasteiger charge is 2.18. The average molecular weight is 376 g/mol. The van der Waals surface area contributed by atoms with Gasteiger partial charge >= 0.3 is 10.4 Å². The van der Waals surface area contributed by atoms with Gasteiger partial charge in [-0.15, -0.1) is 0 Å². The third-order valence-electron chi connectivity index (χ3n) is 3.26. The van der Waals surface area contributed by atoms with Gasteiger partial charge in [-0.1, -0.05) is 20.8 Å². The molecule has 0 aliphatic heterocycles. The second kappa shape index (κ2) is 11.0. The Hall–Kier alpha value is -1.68. The Balaban J connectivity index is 0.00000101. The second-order valence-corrected chi connectivity index (χ2v) is 7.19. The van der Waals surface area contributed by atoms with Crippen molar-refractivity contribution in [3.8, 4) is 0 Å². The van der Waals surface area contributed by atoms with Crippen LogP contribution >= 0.6 is 0 Å². The van der Waals surface area contributed by atoms with E-state index in [1.165, 1.54) is 0 Å². The van der Waals surface area contributed by atoms with Gasteiger partial charge in [-0.25, -0.2) is 0 Å². The fraction of sp³-hybridized carbons (Fsp3) is 0.562. The van der Waals surface area contributed by atoms with E-state index in [1.54, 1.807) is 24.3 Å². The Kier molecular flexibility index (Phi) is 10.3. The summed E-state index contributed by atoms with van der Waals surface area (Å²) < 4.78 is 31.6. The molecule has 144 valence electrons. The number of nitrogens with zero attached hydrogens (tertiary/aromatic N) is 1. The number of nitrogen functional groups attached to an aromatic ring is 1. The standard InChI is InChI=1S/C16H26N2O2.H2O4S/c1-12(2)8-9-18(10-13(3)11-19)16(20)14-4-6-15(17)7-5-14;1-5(2,3)4/h4-7,12-13,19H,8-11,17H2,1-3H3;(H2,1,2,3,4). The molecule has 1 amide bonds. The number of aliphatic hydroxyl groups is 1. The number of rotatable bonds is 7. The molecule has 0 aliphatic rings. The van der Waals surface area contributed by atoms with Gasteiger partial charge < -0.3 is 15.7 Å². The molecule has 0 bridgehead atoms. The normalized spacial score (nSPS) is 12.3. The van der Waals surface area contributed by atoms with Crippen molar-refractivity contribution in [1.82, 2.24) is 4.90 Å². The maximum absolute atomic E-state index is 12.5. The van der Waals surface area contributed by atoms with Crippen LogP contribution in [0.3, 0.4) is 0 Å². The van der Waals surface area contributed by atoms with Gasteiger partial charge in [0.2, 0.25) is 0 Å². The zero-order valence-electron chi connectivity index (χ0n) is 14.8. The number of nitrogens with two attached hydrogens (primary N) is 1. The summed E-state index contributed by atoms with van der Waals surface area (Å²) in [5, 5.41) is 9.20. The van der Waals surface area contributed by atoms with Crippen molar-refractivity contribution in [2.45, 2.75) is 27.2 Å². The molecule has 0 fully saturated rings. The zero-order chi connectivity index (χ0) is 19.6. The Labute approximate surface area is 149 Å². The lowest BCUT2D eigenvalue weighted by Crippen LogP contribution is -2.37. The summed E-state index contributed by atoms with van der Waals surface area (Å²) >= 11 is 0. The molecule has 25 heavy (non-hydrogen) atoms. The minimum absolute atomic E-state index is 0.00551. The van der Waals surface area contributed by atoms with Gasteiger partial charge in [-0.2, -0.15) is 8.42 Å². The first-order chi connectivity index (χ1) is 11.4. The molecular formula is C16H28N2O6S. The first-order valence-corrected chi connectivity index (χ1v) is 9.29. The lowest BCUT2D eigenvalue weighted by atomic mass is 10.1. The van der Waals surface area contributed by atoms with Crippen LogP contribution in [0.4, 0.5) is 5.69 Å². The predicted molar refractivity (Wildman–Crippen MR) is 96.6 cm³/mol. The molecule has 1 atom stereocenters. The number of hydrogen-bond acceptors (Lipinski definition) is 5. The molecule has 0 saturated heterocycles. The van der Waals surface area contributed by atoms with E-state index in [2.05, 4.69) is 13.8 Å². The van der Waals surface area contributed by atoms with Crippen LogP contribution in [-0.2, 0) is 10.4 Å². The maximum atomic E-state index is 12.5. The first kappa shape index (κ1) is 23.3. The predicted octanol–water partition coefficient (Wildman–Crippen LogP) is 1.73. The number of hydrogen-bond donors (Lipinski definition) is 4. The van der Waals surface area contributed by atoms with Crippen LogP contribution < -0.4 is 5.73 Å². The first-order valence-electron chi connectivity index (χ1n) is 7.89. The lowest BCUT2D eigenvalue weighted by Gasteiger charge is -2.26. The summed E-state index contributed by atoms with van der Waals surface area (Å²) in [5.41, 5.74) is 6.94. The fourth-order valence-electron chi connectivity index (χ4n) is 1.93. The van der Waals surface area contributed by atoms with E-state index in [0.717, 1.165) is 6.42 Å². The third-order valence-corrected chi connectivity index (χ3v) is 3.26. The highest BCUT2D eigenvalue weighted by atomic mass is 32.3. The van der Waals surface area contributed by atoms with E-state index < -0.39 is 10.4 Å². The van der Waals surface area contributed by atoms with Crippen molar-refractivity contribution in [3.05, 3.63) is 29.8 Å². The van der Waals surface area contributed by atoms with Gasteiger partial charge in [0, 0.05) is 30.9 Å². The fourth-order valence-corrected chi connectivity index (χ4v) is 1.93. The van der Waals surface area contributed by atoms with E-state index in [-0.39, 0.29) is 18.4 Å². The van der Waals surface area contributed by atoms with E-state index in [1.807, 2.05) is 11.8 Å². The van der Waals surface area contributed by atoms with Gasteiger partial charge in [0.25, 0.3) is 5.91 Å². The summed E-state index contributed by atoms with van der Waals surface area (Å²) in [6.45, 7) is 7.60. The molecule has 5 N–H and O–H groups in total. The topological polar surface area (TPSA) is 141 Å². The Morgan fingerprint density at radius 3 is 2.04 bits per heavy atom. The minimum atomic E-state index is -4.67. The number of amides is 1. The van der Waals surface area contributed by atoms with Crippen LogP contribution in [-0.4, -0.2) is 53.1 Å². The highest BCUT2D eigenvalue weighted by Crippen LogP contribution is 2.12. The molecule has 8 nitrogen and oxygen atoms in total. The van der Waals surface area contributed by atoms with E-state index >= 15 is 0 Å². The molecule has 1 rings (SSSR count). The average Bonchev–Trinajstić information content (AvgIpc) is 2.49. The summed E-state index contributed by atoms with van der Waals surface area (Å²) in [7, 11) is -4.67. The number of carbonyl (C=O) groups excluding carboxylic acids is 1. The van der Waals surface area contributed by atoms with Crippen molar-refractivity contribution in [2.24, 2.45) is 11.8 Å². The van der Waals surface area contributed by atoms with Crippen molar-refractivity contribution >= 4 is 22.0 Å². The molecule has 0 heterocycles. The summed E-state index contributed by atoms with van der Waals surface area (Å²) in [6, 6.07) is 6.99. The van der Waals surface area contributed by atoms with Crippen molar-refractivity contribution < 1.29 is 27.4 Å². The molecule has 0 saturated carbocycles. The molecule has 1 unspecified atom stereocenters. The van der Waals surface area contributed by atoms with Crippen LogP contribution in [0.5, 0.6) is 0 Å². The lowest BCUT2D eigenvalue weighted by molar-refractivity contribution is 0.0701. The van der Waals surface area contributed by atoms with Crippen LogP contribution in [0, 0.1) is 11.8 Å². The SMILES string of the molecule is CC(C)CCN(CC(C)CO)C(=O)c1ccc(N)cc1.O=S(=O)(O)O. The number of aliphatic hydroxyl groups excluding tert-OH is 1. The van der Waals surface area contributed by atoms with Crippen molar-refractivity contribution in [2.75, 3.05) is 25.4 Å². The van der Waals surface area contributed by atoms with Gasteiger partial charge in [-0.05, 0) is 42.5 Å². The maximum Gasteiger partial charge on any atom is 0.394 e. The summed E-state index contributed by atoms with van der Waals surface area (Å²) in [5.74, 6) is 0.631. The van der Waals surface area contributed by atoms with Gasteiger partial charge in [0.15, 0.2) is 0 Å². The molecule has 1 aromatic carbocycles.